The Bertz CT molecular complexity index is 561. The number of rotatable bonds is 2. The molecule has 5 nitrogen and oxygen atoms in total. The number of quaternary nitrogens is 1. The van der Waals surface area contributed by atoms with E-state index in [2.05, 4.69) is 4.90 Å². The third kappa shape index (κ3) is 3.21. The van der Waals surface area contributed by atoms with Crippen LogP contribution in [0.5, 0.6) is 5.75 Å². The Balaban J connectivity index is 2.05. The zero-order chi connectivity index (χ0) is 16.5. The van der Waals surface area contributed by atoms with Gasteiger partial charge in [0.15, 0.2) is 0 Å². The normalized spacial score (nSPS) is 19.1. The van der Waals surface area contributed by atoms with Crippen LogP contribution in [0.15, 0.2) is 18.2 Å². The average molecular weight is 328 g/mol. The number of hydrogen-bond acceptors (Lipinski definition) is 3. The van der Waals surface area contributed by atoms with Crippen molar-refractivity contribution in [2.24, 2.45) is 0 Å². The van der Waals surface area contributed by atoms with E-state index in [1.54, 1.807) is 12.1 Å². The summed E-state index contributed by atoms with van der Waals surface area (Å²) in [4.78, 5) is 14.0. The lowest BCUT2D eigenvalue weighted by Gasteiger charge is -2.48. The molecule has 0 saturated carbocycles. The fourth-order valence-electron chi connectivity index (χ4n) is 3.06. The van der Waals surface area contributed by atoms with E-state index < -0.39 is 6.09 Å². The number of carbonyl (C=O) groups is 1. The maximum Gasteiger partial charge on any atom is 0.514 e. The number of halogens is 1. The lowest BCUT2D eigenvalue weighted by Crippen LogP contribution is -2.69. The van der Waals surface area contributed by atoms with Crippen LogP contribution in [0.3, 0.4) is 0 Å². The van der Waals surface area contributed by atoms with Gasteiger partial charge in [0.25, 0.3) is 0 Å². The van der Waals surface area contributed by atoms with Gasteiger partial charge in [-0.3, -0.25) is 4.90 Å². The van der Waals surface area contributed by atoms with Crippen molar-refractivity contribution in [3.8, 4) is 5.75 Å². The van der Waals surface area contributed by atoms with Gasteiger partial charge >= 0.3 is 6.09 Å². The second-order valence-corrected chi connectivity index (χ2v) is 7.34. The van der Waals surface area contributed by atoms with Crippen molar-refractivity contribution in [3.63, 3.8) is 0 Å². The first-order valence-electron chi connectivity index (χ1n) is 7.46. The molecule has 1 aliphatic rings. The van der Waals surface area contributed by atoms with Crippen LogP contribution in [0.2, 0.25) is 5.02 Å². The monoisotopic (exact) mass is 327 g/mol. The molecule has 0 atom stereocenters. The molecule has 1 fully saturated rings. The maximum atomic E-state index is 11.8. The van der Waals surface area contributed by atoms with E-state index in [0.717, 1.165) is 18.7 Å². The highest BCUT2D eigenvalue weighted by molar-refractivity contribution is 6.32. The lowest BCUT2D eigenvalue weighted by molar-refractivity contribution is -0.907. The fourth-order valence-corrected chi connectivity index (χ4v) is 3.27. The van der Waals surface area contributed by atoms with Crippen LogP contribution < -0.4 is 0 Å². The molecule has 0 aliphatic carbocycles. The largest absolute Gasteiger partial charge is 0.514 e. The molecule has 0 unspecified atom stereocenters. The zero-order valence-corrected chi connectivity index (χ0v) is 14.1. The van der Waals surface area contributed by atoms with Crippen molar-refractivity contribution >= 4 is 17.7 Å². The van der Waals surface area contributed by atoms with Crippen LogP contribution in [0.1, 0.15) is 26.3 Å². The van der Waals surface area contributed by atoms with E-state index in [9.17, 15) is 15.0 Å². The number of phenolic OH excluding ortho intramolecular Hbond substituents is 1. The Morgan fingerprint density at radius 2 is 1.91 bits per heavy atom. The minimum absolute atomic E-state index is 0.0818. The van der Waals surface area contributed by atoms with Crippen LogP contribution in [-0.2, 0) is 6.54 Å². The van der Waals surface area contributed by atoms with Crippen LogP contribution in [0.4, 0.5) is 4.79 Å². The highest BCUT2D eigenvalue weighted by Gasteiger charge is 2.49. The summed E-state index contributed by atoms with van der Waals surface area (Å²) in [6.07, 6.45) is -0.750. The van der Waals surface area contributed by atoms with Crippen LogP contribution in [0, 0.1) is 0 Å². The quantitative estimate of drug-likeness (QED) is 0.819. The van der Waals surface area contributed by atoms with Crippen molar-refractivity contribution in [1.82, 2.24) is 4.90 Å². The number of hydrogen-bond donors (Lipinski definition) is 2. The molecule has 122 valence electrons. The van der Waals surface area contributed by atoms with Gasteiger partial charge in [0.1, 0.15) is 24.4 Å². The second-order valence-electron chi connectivity index (χ2n) is 6.93. The molecule has 1 amide bonds. The van der Waals surface area contributed by atoms with E-state index in [1.807, 2.05) is 26.8 Å². The molecule has 0 radical (unpaired) electrons. The molecule has 1 heterocycles. The molecule has 6 heteroatoms. The highest BCUT2D eigenvalue weighted by Crippen LogP contribution is 2.29. The molecule has 1 aromatic rings. The standard InChI is InChI=1S/C16H23ClN2O3/c1-16(2,3)19(15(21)22)8-6-18(7-9-19)11-12-4-5-14(20)13(17)10-12/h4-5,10H,6-9,11H2,1-3H3,(H-,20,21,22)/p+1. The topological polar surface area (TPSA) is 60.8 Å². The van der Waals surface area contributed by atoms with Gasteiger partial charge in [0.2, 0.25) is 0 Å². The van der Waals surface area contributed by atoms with Crippen LogP contribution in [-0.4, -0.2) is 57.4 Å². The van der Waals surface area contributed by atoms with Gasteiger partial charge in [-0.05, 0) is 38.5 Å². The third-order valence-electron chi connectivity index (χ3n) is 4.66. The Hall–Kier alpha value is -1.30. The summed E-state index contributed by atoms with van der Waals surface area (Å²) < 4.78 is 0.0971. The number of benzene rings is 1. The molecule has 1 aliphatic heterocycles. The van der Waals surface area contributed by atoms with Crippen LogP contribution >= 0.6 is 11.6 Å². The number of aromatic hydroxyl groups is 1. The Kier molecular flexibility index (Phi) is 4.70. The molecule has 0 bridgehead atoms. The van der Waals surface area contributed by atoms with Gasteiger partial charge in [-0.2, -0.15) is 4.79 Å². The summed E-state index contributed by atoms with van der Waals surface area (Å²) in [5, 5.41) is 19.5. The summed E-state index contributed by atoms with van der Waals surface area (Å²) in [6, 6.07) is 5.20. The summed E-state index contributed by atoms with van der Waals surface area (Å²) in [5.41, 5.74) is 0.702. The van der Waals surface area contributed by atoms with Gasteiger partial charge in [-0.1, -0.05) is 17.7 Å². The van der Waals surface area contributed by atoms with E-state index >= 15 is 0 Å². The van der Waals surface area contributed by atoms with Crippen molar-refractivity contribution in [2.75, 3.05) is 26.2 Å². The van der Waals surface area contributed by atoms with Gasteiger partial charge in [0.05, 0.1) is 5.02 Å². The summed E-state index contributed by atoms with van der Waals surface area (Å²) in [7, 11) is 0. The number of carboxylic acid groups (broad SMARTS) is 1. The lowest BCUT2D eigenvalue weighted by atomic mass is 10.00. The van der Waals surface area contributed by atoms with Crippen molar-refractivity contribution in [1.29, 1.82) is 0 Å². The second kappa shape index (κ2) is 6.07. The van der Waals surface area contributed by atoms with Gasteiger partial charge in [-0.15, -0.1) is 0 Å². The Morgan fingerprint density at radius 1 is 1.32 bits per heavy atom. The van der Waals surface area contributed by atoms with Crippen LogP contribution in [0.25, 0.3) is 0 Å². The molecular weight excluding hydrogens is 304 g/mol. The Labute approximate surface area is 136 Å². The number of phenols is 1. The van der Waals surface area contributed by atoms with E-state index in [0.29, 0.717) is 24.7 Å². The fraction of sp³-hybridized carbons (Fsp3) is 0.562. The first-order chi connectivity index (χ1) is 10.2. The Morgan fingerprint density at radius 3 is 2.36 bits per heavy atom. The summed E-state index contributed by atoms with van der Waals surface area (Å²) in [5.74, 6) is 0.0818. The molecule has 22 heavy (non-hydrogen) atoms. The number of piperazine rings is 1. The van der Waals surface area contributed by atoms with Crippen molar-refractivity contribution in [3.05, 3.63) is 28.8 Å². The predicted molar refractivity (Wildman–Crippen MR) is 86.2 cm³/mol. The molecule has 2 rings (SSSR count). The zero-order valence-electron chi connectivity index (χ0n) is 13.3. The molecule has 0 aromatic heterocycles. The maximum absolute atomic E-state index is 11.8. The first-order valence-corrected chi connectivity index (χ1v) is 7.84. The molecule has 1 aromatic carbocycles. The molecule has 0 spiro atoms. The van der Waals surface area contributed by atoms with E-state index in [1.165, 1.54) is 0 Å². The molecule has 2 N–H and O–H groups in total. The van der Waals surface area contributed by atoms with Gasteiger partial charge in [0, 0.05) is 19.6 Å². The van der Waals surface area contributed by atoms with Gasteiger partial charge in [-0.25, -0.2) is 4.48 Å². The number of nitrogens with zero attached hydrogens (tertiary/aromatic N) is 2. The summed E-state index contributed by atoms with van der Waals surface area (Å²) in [6.45, 7) is 9.28. The van der Waals surface area contributed by atoms with E-state index in [4.69, 9.17) is 11.6 Å². The highest BCUT2D eigenvalue weighted by atomic mass is 35.5. The minimum Gasteiger partial charge on any atom is -0.506 e. The molecule has 1 saturated heterocycles. The van der Waals surface area contributed by atoms with Crippen molar-refractivity contribution < 1.29 is 19.5 Å². The number of amides is 1. The third-order valence-corrected chi connectivity index (χ3v) is 4.97. The first kappa shape index (κ1) is 17.1. The molecular formula is C16H24ClN2O3+. The summed E-state index contributed by atoms with van der Waals surface area (Å²) >= 11 is 5.93. The SMILES string of the molecule is CC(C)(C)[N+]1(C(=O)O)CCN(Cc2ccc(O)c(Cl)c2)CC1. The predicted octanol–water partition coefficient (Wildman–Crippen LogP) is 3.15. The van der Waals surface area contributed by atoms with Crippen molar-refractivity contribution in [2.45, 2.75) is 32.9 Å². The average Bonchev–Trinajstić information content (AvgIpc) is 2.42. The van der Waals surface area contributed by atoms with Gasteiger partial charge < -0.3 is 10.2 Å². The van der Waals surface area contributed by atoms with E-state index in [-0.39, 0.29) is 15.8 Å². The smallest absolute Gasteiger partial charge is 0.506 e. The minimum atomic E-state index is -0.750.